The van der Waals surface area contributed by atoms with E-state index in [-0.39, 0.29) is 16.2 Å². The summed E-state index contributed by atoms with van der Waals surface area (Å²) in [6.45, 7) is 3.71. The number of halogens is 1. The molecule has 1 amide bonds. The second-order valence-electron chi connectivity index (χ2n) is 6.99. The van der Waals surface area contributed by atoms with Gasteiger partial charge in [-0.1, -0.05) is 17.7 Å². The summed E-state index contributed by atoms with van der Waals surface area (Å²) in [4.78, 5) is 23.9. The molecule has 2 N–H and O–H groups in total. The first-order valence-corrected chi connectivity index (χ1v) is 9.92. The zero-order chi connectivity index (χ0) is 23.4. The smallest absolute Gasteiger partial charge is 0.337 e. The molecule has 3 rings (SSSR count). The zero-order valence-electron chi connectivity index (χ0n) is 17.6. The van der Waals surface area contributed by atoms with Gasteiger partial charge in [-0.25, -0.2) is 4.79 Å². The number of carboxylic acids is 1. The number of hydrogen-bond donors (Lipinski definition) is 2. The average molecular weight is 450 g/mol. The molecule has 1 heterocycles. The van der Waals surface area contributed by atoms with Crippen LogP contribution in [-0.4, -0.2) is 28.7 Å². The minimum atomic E-state index is -1.10. The second kappa shape index (κ2) is 9.41. The van der Waals surface area contributed by atoms with Crippen molar-refractivity contribution in [3.8, 4) is 17.5 Å². The van der Waals surface area contributed by atoms with E-state index in [2.05, 4.69) is 5.32 Å². The molecule has 0 radical (unpaired) electrons. The van der Waals surface area contributed by atoms with E-state index in [1.54, 1.807) is 36.4 Å². The number of carbonyl (C=O) groups excluding carboxylic acids is 1. The molecule has 0 saturated carbocycles. The Hall–Kier alpha value is -4.02. The molecule has 8 heteroatoms. The molecular formula is C24H20ClN3O4. The van der Waals surface area contributed by atoms with Crippen LogP contribution in [0.4, 0.5) is 5.69 Å². The standard InChI is InChI=1S/C24H20ClN3O4/c1-14-9-16(15(2)28(14)19-7-8-21(24(30)31)22(25)12-19)10-17(13-26)23(29)27-18-5-4-6-20(11-18)32-3/h4-12H,1-3H3,(H,27,29)(H,30,31)/b17-10-. The van der Waals surface area contributed by atoms with Crippen LogP contribution in [0.3, 0.4) is 0 Å². The van der Waals surface area contributed by atoms with Crippen molar-refractivity contribution in [2.45, 2.75) is 13.8 Å². The van der Waals surface area contributed by atoms with Crippen LogP contribution in [0, 0.1) is 25.2 Å². The van der Waals surface area contributed by atoms with Gasteiger partial charge in [0.25, 0.3) is 5.91 Å². The molecular weight excluding hydrogens is 430 g/mol. The van der Waals surface area contributed by atoms with Gasteiger partial charge in [-0.15, -0.1) is 0 Å². The summed E-state index contributed by atoms with van der Waals surface area (Å²) in [7, 11) is 1.53. The minimum absolute atomic E-state index is 0.0129. The van der Waals surface area contributed by atoms with Gasteiger partial charge in [0.05, 0.1) is 17.7 Å². The number of aromatic nitrogens is 1. The van der Waals surface area contributed by atoms with Crippen molar-refractivity contribution >= 4 is 35.2 Å². The Morgan fingerprint density at radius 1 is 1.19 bits per heavy atom. The lowest BCUT2D eigenvalue weighted by Gasteiger charge is -2.11. The summed E-state index contributed by atoms with van der Waals surface area (Å²) in [5.41, 5.74) is 3.41. The van der Waals surface area contributed by atoms with Crippen LogP contribution in [0.2, 0.25) is 5.02 Å². The maximum absolute atomic E-state index is 12.6. The molecule has 32 heavy (non-hydrogen) atoms. The average Bonchev–Trinajstić information content (AvgIpc) is 3.04. The molecule has 0 atom stereocenters. The number of hydrogen-bond acceptors (Lipinski definition) is 4. The second-order valence-corrected chi connectivity index (χ2v) is 7.39. The molecule has 162 valence electrons. The van der Waals surface area contributed by atoms with Crippen molar-refractivity contribution in [3.05, 3.63) is 81.6 Å². The molecule has 0 fully saturated rings. The third kappa shape index (κ3) is 4.66. The highest BCUT2D eigenvalue weighted by molar-refractivity contribution is 6.33. The van der Waals surface area contributed by atoms with Crippen molar-refractivity contribution in [2.24, 2.45) is 0 Å². The maximum atomic E-state index is 12.6. The van der Waals surface area contributed by atoms with Gasteiger partial charge in [-0.3, -0.25) is 4.79 Å². The van der Waals surface area contributed by atoms with Crippen molar-refractivity contribution in [2.75, 3.05) is 12.4 Å². The Balaban J connectivity index is 1.94. The normalized spacial score (nSPS) is 11.0. The number of amides is 1. The van der Waals surface area contributed by atoms with Gasteiger partial charge in [0, 0.05) is 28.8 Å². The third-order valence-electron chi connectivity index (χ3n) is 4.90. The fourth-order valence-electron chi connectivity index (χ4n) is 3.35. The number of aromatic carboxylic acids is 1. The lowest BCUT2D eigenvalue weighted by Crippen LogP contribution is -2.13. The molecule has 0 unspecified atom stereocenters. The predicted molar refractivity (Wildman–Crippen MR) is 122 cm³/mol. The first kappa shape index (κ1) is 22.7. The monoisotopic (exact) mass is 449 g/mol. The Bertz CT molecular complexity index is 1280. The van der Waals surface area contributed by atoms with Crippen LogP contribution in [0.1, 0.15) is 27.3 Å². The van der Waals surface area contributed by atoms with E-state index in [0.29, 0.717) is 22.7 Å². The lowest BCUT2D eigenvalue weighted by atomic mass is 10.1. The number of aryl methyl sites for hydroxylation is 1. The van der Waals surface area contributed by atoms with Crippen LogP contribution in [0.25, 0.3) is 11.8 Å². The van der Waals surface area contributed by atoms with Crippen molar-refractivity contribution < 1.29 is 19.4 Å². The van der Waals surface area contributed by atoms with E-state index >= 15 is 0 Å². The molecule has 1 aromatic heterocycles. The van der Waals surface area contributed by atoms with Crippen LogP contribution < -0.4 is 10.1 Å². The molecule has 0 aliphatic carbocycles. The minimum Gasteiger partial charge on any atom is -0.497 e. The molecule has 0 aliphatic heterocycles. The van der Waals surface area contributed by atoms with E-state index in [1.165, 1.54) is 19.3 Å². The largest absolute Gasteiger partial charge is 0.497 e. The van der Waals surface area contributed by atoms with Crippen LogP contribution in [0.15, 0.2) is 54.1 Å². The number of rotatable bonds is 6. The van der Waals surface area contributed by atoms with Crippen molar-refractivity contribution in [1.29, 1.82) is 5.26 Å². The third-order valence-corrected chi connectivity index (χ3v) is 5.22. The van der Waals surface area contributed by atoms with Crippen LogP contribution >= 0.6 is 11.6 Å². The molecule has 0 bridgehead atoms. The van der Waals surface area contributed by atoms with E-state index in [1.807, 2.05) is 30.6 Å². The number of ether oxygens (including phenoxy) is 1. The van der Waals surface area contributed by atoms with E-state index in [9.17, 15) is 20.0 Å². The number of carboxylic acid groups (broad SMARTS) is 1. The number of benzene rings is 2. The van der Waals surface area contributed by atoms with Gasteiger partial charge in [0.15, 0.2) is 0 Å². The van der Waals surface area contributed by atoms with Crippen LogP contribution in [0.5, 0.6) is 5.75 Å². The van der Waals surface area contributed by atoms with Crippen molar-refractivity contribution in [3.63, 3.8) is 0 Å². The number of carbonyl (C=O) groups is 2. The fourth-order valence-corrected chi connectivity index (χ4v) is 3.61. The first-order chi connectivity index (χ1) is 15.2. The van der Waals surface area contributed by atoms with Gasteiger partial charge < -0.3 is 19.7 Å². The van der Waals surface area contributed by atoms with Gasteiger partial charge in [0.1, 0.15) is 17.4 Å². The van der Waals surface area contributed by atoms with Gasteiger partial charge in [-0.05, 0) is 61.9 Å². The fraction of sp³-hybridized carbons (Fsp3) is 0.125. The molecule has 2 aromatic carbocycles. The summed E-state index contributed by atoms with van der Waals surface area (Å²) in [5, 5.41) is 21.6. The molecule has 0 saturated heterocycles. The summed E-state index contributed by atoms with van der Waals surface area (Å²) < 4.78 is 7.02. The molecule has 7 nitrogen and oxygen atoms in total. The molecule has 0 spiro atoms. The number of nitrogens with one attached hydrogen (secondary N) is 1. The Labute approximate surface area is 190 Å². The van der Waals surface area contributed by atoms with E-state index < -0.39 is 11.9 Å². The number of nitriles is 1. The highest BCUT2D eigenvalue weighted by Gasteiger charge is 2.16. The molecule has 3 aromatic rings. The number of methoxy groups -OCH3 is 1. The number of nitrogens with zero attached hydrogens (tertiary/aromatic N) is 2. The van der Waals surface area contributed by atoms with Crippen LogP contribution in [-0.2, 0) is 4.79 Å². The lowest BCUT2D eigenvalue weighted by molar-refractivity contribution is -0.112. The Morgan fingerprint density at radius 3 is 2.56 bits per heavy atom. The summed E-state index contributed by atoms with van der Waals surface area (Å²) in [5.74, 6) is -1.06. The van der Waals surface area contributed by atoms with E-state index in [4.69, 9.17) is 16.3 Å². The Morgan fingerprint density at radius 2 is 1.94 bits per heavy atom. The van der Waals surface area contributed by atoms with Gasteiger partial charge in [0.2, 0.25) is 0 Å². The van der Waals surface area contributed by atoms with Gasteiger partial charge >= 0.3 is 5.97 Å². The topological polar surface area (TPSA) is 104 Å². The quantitative estimate of drug-likeness (QED) is 0.407. The summed E-state index contributed by atoms with van der Waals surface area (Å²) >= 11 is 6.12. The highest BCUT2D eigenvalue weighted by Crippen LogP contribution is 2.27. The molecule has 0 aliphatic rings. The zero-order valence-corrected chi connectivity index (χ0v) is 18.4. The van der Waals surface area contributed by atoms with Gasteiger partial charge in [-0.2, -0.15) is 5.26 Å². The van der Waals surface area contributed by atoms with Crippen molar-refractivity contribution in [1.82, 2.24) is 4.57 Å². The summed E-state index contributed by atoms with van der Waals surface area (Å²) in [6.07, 6.45) is 1.52. The highest BCUT2D eigenvalue weighted by atomic mass is 35.5. The summed E-state index contributed by atoms with van der Waals surface area (Å²) in [6, 6.07) is 15.3. The SMILES string of the molecule is COc1cccc(NC(=O)/C(C#N)=C\c2cc(C)n(-c3ccc(C(=O)O)c(Cl)c3)c2C)c1. The van der Waals surface area contributed by atoms with E-state index in [0.717, 1.165) is 11.4 Å². The predicted octanol–water partition coefficient (Wildman–Crippen LogP) is 5.00. The maximum Gasteiger partial charge on any atom is 0.337 e. The Kier molecular flexibility index (Phi) is 6.67. The number of anilines is 1. The first-order valence-electron chi connectivity index (χ1n) is 9.54.